The molecule has 0 spiro atoms. The molecule has 2 atom stereocenters. The summed E-state index contributed by atoms with van der Waals surface area (Å²) in [5, 5.41) is 23.0. The Morgan fingerprint density at radius 2 is 0.869 bits per heavy atom. The van der Waals surface area contributed by atoms with Crippen LogP contribution in [0.3, 0.4) is 0 Å². The molecule has 61 heavy (non-hydrogen) atoms. The lowest BCUT2D eigenvalue weighted by atomic mass is 10.0. The highest BCUT2D eigenvalue weighted by atomic mass is 16.5. The second-order valence-corrected chi connectivity index (χ2v) is 17.5. The second-order valence-electron chi connectivity index (χ2n) is 17.5. The molecule has 0 aromatic carbocycles. The van der Waals surface area contributed by atoms with Gasteiger partial charge in [-0.25, -0.2) is 0 Å². The molecule has 0 rings (SSSR count). The van der Waals surface area contributed by atoms with Gasteiger partial charge >= 0.3 is 5.97 Å². The van der Waals surface area contributed by atoms with Crippen LogP contribution in [-0.4, -0.2) is 47.4 Å². The van der Waals surface area contributed by atoms with Crippen LogP contribution in [-0.2, 0) is 14.3 Å². The molecule has 3 N–H and O–H groups in total. The fourth-order valence-electron chi connectivity index (χ4n) is 7.48. The molecule has 0 saturated carbocycles. The minimum Gasteiger partial charge on any atom is -0.466 e. The van der Waals surface area contributed by atoms with Crippen LogP contribution in [0.25, 0.3) is 0 Å². The van der Waals surface area contributed by atoms with Gasteiger partial charge in [0.05, 0.1) is 25.4 Å². The summed E-state index contributed by atoms with van der Waals surface area (Å²) in [6.45, 7) is 4.80. The normalized spacial score (nSPS) is 13.2. The predicted molar refractivity (Wildman–Crippen MR) is 264 cm³/mol. The van der Waals surface area contributed by atoms with E-state index in [1.54, 1.807) is 6.08 Å². The molecule has 0 fully saturated rings. The number of amides is 1. The van der Waals surface area contributed by atoms with E-state index in [0.717, 1.165) is 89.9 Å². The number of allylic oxidation sites excluding steroid dienone is 9. The summed E-state index contributed by atoms with van der Waals surface area (Å²) in [5.41, 5.74) is 0. The quantitative estimate of drug-likeness (QED) is 0.0245. The van der Waals surface area contributed by atoms with Gasteiger partial charge in [-0.1, -0.05) is 203 Å². The zero-order chi connectivity index (χ0) is 44.4. The Morgan fingerprint density at radius 1 is 0.475 bits per heavy atom. The van der Waals surface area contributed by atoms with E-state index >= 15 is 0 Å². The van der Waals surface area contributed by atoms with E-state index in [-0.39, 0.29) is 18.5 Å². The van der Waals surface area contributed by atoms with Crippen molar-refractivity contribution in [3.8, 4) is 0 Å². The van der Waals surface area contributed by atoms with Crippen molar-refractivity contribution in [1.82, 2.24) is 5.32 Å². The van der Waals surface area contributed by atoms with E-state index in [9.17, 15) is 19.8 Å². The molecule has 0 aliphatic rings. The zero-order valence-electron chi connectivity index (χ0n) is 40.1. The lowest BCUT2D eigenvalue weighted by Crippen LogP contribution is -2.45. The molecule has 6 nitrogen and oxygen atoms in total. The predicted octanol–water partition coefficient (Wildman–Crippen LogP) is 15.6. The highest BCUT2D eigenvalue weighted by Crippen LogP contribution is 2.14. The molecule has 0 heterocycles. The molecule has 0 aromatic rings. The summed E-state index contributed by atoms with van der Waals surface area (Å²) in [4.78, 5) is 24.4. The van der Waals surface area contributed by atoms with Crippen molar-refractivity contribution in [1.29, 1.82) is 0 Å². The minimum absolute atomic E-state index is 0.0375. The average molecular weight is 854 g/mol. The van der Waals surface area contributed by atoms with Crippen LogP contribution >= 0.6 is 0 Å². The second kappa shape index (κ2) is 50.2. The van der Waals surface area contributed by atoms with Gasteiger partial charge < -0.3 is 20.3 Å². The SMILES string of the molecule is CCCCCC/C=C\C/C=C\CCCCCCCC(=O)OCCCCC/C=C\C=C/CCCCCCCCC(=O)NC(CO)C(O)/C=C/CCCCCCCCCCCCC. The molecular weight excluding hydrogens is 755 g/mol. The first kappa shape index (κ1) is 58.6. The third-order valence-corrected chi connectivity index (χ3v) is 11.5. The molecule has 0 radical (unpaired) electrons. The number of hydrogen-bond donors (Lipinski definition) is 3. The molecule has 1 amide bonds. The van der Waals surface area contributed by atoms with Gasteiger partial charge in [-0.3, -0.25) is 9.59 Å². The maximum absolute atomic E-state index is 12.4. The molecular formula is C55H99NO5. The number of aliphatic hydroxyl groups excluding tert-OH is 2. The third kappa shape index (κ3) is 46.9. The molecule has 0 aliphatic heterocycles. The van der Waals surface area contributed by atoms with E-state index in [0.29, 0.717) is 19.4 Å². The monoisotopic (exact) mass is 854 g/mol. The van der Waals surface area contributed by atoms with E-state index in [2.05, 4.69) is 67.8 Å². The molecule has 0 aliphatic carbocycles. The summed E-state index contributed by atoms with van der Waals surface area (Å²) in [7, 11) is 0. The van der Waals surface area contributed by atoms with E-state index in [4.69, 9.17) is 4.74 Å². The van der Waals surface area contributed by atoms with E-state index in [1.165, 1.54) is 135 Å². The maximum atomic E-state index is 12.4. The Labute approximate surface area is 378 Å². The average Bonchev–Trinajstić information content (AvgIpc) is 3.26. The van der Waals surface area contributed by atoms with Crippen molar-refractivity contribution in [2.75, 3.05) is 13.2 Å². The number of nitrogens with one attached hydrogen (secondary N) is 1. The number of unbranched alkanes of at least 4 members (excludes halogenated alkanes) is 29. The third-order valence-electron chi connectivity index (χ3n) is 11.5. The summed E-state index contributed by atoms with van der Waals surface area (Å²) < 4.78 is 5.43. The fraction of sp³-hybridized carbons (Fsp3) is 0.782. The first-order valence-electron chi connectivity index (χ1n) is 26.1. The van der Waals surface area contributed by atoms with Gasteiger partial charge in [-0.05, 0) is 96.3 Å². The first-order valence-corrected chi connectivity index (χ1v) is 26.1. The Balaban J connectivity index is 3.57. The Kier molecular flexibility index (Phi) is 48.2. The van der Waals surface area contributed by atoms with Crippen LogP contribution in [0.1, 0.15) is 251 Å². The van der Waals surface area contributed by atoms with Crippen LogP contribution in [0.4, 0.5) is 0 Å². The maximum Gasteiger partial charge on any atom is 0.305 e. The molecule has 0 aromatic heterocycles. The molecule has 2 unspecified atom stereocenters. The van der Waals surface area contributed by atoms with Crippen molar-refractivity contribution < 1.29 is 24.5 Å². The fourth-order valence-corrected chi connectivity index (χ4v) is 7.48. The van der Waals surface area contributed by atoms with Gasteiger partial charge in [-0.2, -0.15) is 0 Å². The number of carbonyl (C=O) groups excluding carboxylic acids is 2. The van der Waals surface area contributed by atoms with Gasteiger partial charge in [0.2, 0.25) is 5.91 Å². The minimum atomic E-state index is -0.860. The molecule has 0 bridgehead atoms. The summed E-state index contributed by atoms with van der Waals surface area (Å²) in [5.74, 6) is -0.131. The summed E-state index contributed by atoms with van der Waals surface area (Å²) in [6.07, 6.45) is 63.6. The van der Waals surface area contributed by atoms with E-state index < -0.39 is 12.1 Å². The number of esters is 1. The van der Waals surface area contributed by atoms with Gasteiger partial charge in [0.25, 0.3) is 0 Å². The van der Waals surface area contributed by atoms with E-state index in [1.807, 2.05) is 6.08 Å². The first-order chi connectivity index (χ1) is 30.0. The highest BCUT2D eigenvalue weighted by Gasteiger charge is 2.18. The largest absolute Gasteiger partial charge is 0.466 e. The number of rotatable bonds is 47. The zero-order valence-corrected chi connectivity index (χ0v) is 40.1. The number of hydrogen-bond acceptors (Lipinski definition) is 5. The van der Waals surface area contributed by atoms with Crippen LogP contribution < -0.4 is 5.32 Å². The van der Waals surface area contributed by atoms with Crippen molar-refractivity contribution in [3.05, 3.63) is 60.8 Å². The lowest BCUT2D eigenvalue weighted by Gasteiger charge is -2.20. The van der Waals surface area contributed by atoms with Crippen LogP contribution in [0, 0.1) is 0 Å². The highest BCUT2D eigenvalue weighted by molar-refractivity contribution is 5.76. The number of ether oxygens (including phenoxy) is 1. The Morgan fingerprint density at radius 3 is 1.36 bits per heavy atom. The van der Waals surface area contributed by atoms with Crippen molar-refractivity contribution in [2.24, 2.45) is 0 Å². The van der Waals surface area contributed by atoms with Crippen LogP contribution in [0.2, 0.25) is 0 Å². The topological polar surface area (TPSA) is 95.9 Å². The van der Waals surface area contributed by atoms with Gasteiger partial charge in [0.1, 0.15) is 0 Å². The summed E-state index contributed by atoms with van der Waals surface area (Å²) >= 11 is 0. The van der Waals surface area contributed by atoms with Gasteiger partial charge in [0.15, 0.2) is 0 Å². The number of carbonyl (C=O) groups is 2. The van der Waals surface area contributed by atoms with Crippen LogP contribution in [0.5, 0.6) is 0 Å². The number of aliphatic hydroxyl groups is 2. The van der Waals surface area contributed by atoms with Crippen molar-refractivity contribution >= 4 is 11.9 Å². The smallest absolute Gasteiger partial charge is 0.305 e. The van der Waals surface area contributed by atoms with Crippen molar-refractivity contribution in [2.45, 2.75) is 264 Å². The Bertz CT molecular complexity index is 1080. The summed E-state index contributed by atoms with van der Waals surface area (Å²) in [6, 6.07) is -0.645. The van der Waals surface area contributed by atoms with Crippen LogP contribution in [0.15, 0.2) is 60.8 Å². The standard InChI is InChI=1S/C55H99NO5/c1-3-5-7-9-11-13-15-17-18-21-25-29-33-37-41-45-49-55(60)61-50-46-42-38-34-30-26-22-19-20-24-28-32-36-40-44-48-54(59)56-52(51-57)53(58)47-43-39-35-31-27-23-16-14-12-10-8-6-4-2/h13,15,18-19,21-22,26,30,43,47,52-53,57-58H,3-12,14,16-17,20,23-25,27-29,31-42,44-46,48-51H2,1-2H3,(H,56,59)/b15-13-,21-18-,22-19-,30-26-,47-43+. The van der Waals surface area contributed by atoms with Gasteiger partial charge in [0, 0.05) is 12.8 Å². The molecule has 354 valence electrons. The molecule has 6 heteroatoms. The Hall–Kier alpha value is -2.44. The van der Waals surface area contributed by atoms with Gasteiger partial charge in [-0.15, -0.1) is 0 Å². The van der Waals surface area contributed by atoms with Crippen molar-refractivity contribution in [3.63, 3.8) is 0 Å². The lowest BCUT2D eigenvalue weighted by molar-refractivity contribution is -0.143. The molecule has 0 saturated heterocycles.